The van der Waals surface area contributed by atoms with Crippen LogP contribution in [0.3, 0.4) is 0 Å². The van der Waals surface area contributed by atoms with Crippen LogP contribution in [0.2, 0.25) is 0 Å². The van der Waals surface area contributed by atoms with Gasteiger partial charge in [0.25, 0.3) is 0 Å². The van der Waals surface area contributed by atoms with Gasteiger partial charge in [0.15, 0.2) is 0 Å². The van der Waals surface area contributed by atoms with Crippen LogP contribution in [0.1, 0.15) is 58.8 Å². The van der Waals surface area contributed by atoms with Gasteiger partial charge in [-0.25, -0.2) is 9.97 Å². The molecule has 1 aromatic carbocycles. The highest BCUT2D eigenvalue weighted by Crippen LogP contribution is 2.45. The van der Waals surface area contributed by atoms with E-state index in [0.29, 0.717) is 5.92 Å². The minimum Gasteiger partial charge on any atom is -0.312 e. The third-order valence-electron chi connectivity index (χ3n) is 6.74. The third-order valence-corrected chi connectivity index (χ3v) is 6.74. The molecule has 2 heterocycles. The average Bonchev–Trinajstić information content (AvgIpc) is 3.29. The number of allylic oxidation sites excluding steroid dienone is 1. The number of nitrogens with zero attached hydrogens (tertiary/aromatic N) is 2. The van der Waals surface area contributed by atoms with Gasteiger partial charge in [0, 0.05) is 23.7 Å². The van der Waals surface area contributed by atoms with E-state index in [1.165, 1.54) is 43.4 Å². The summed E-state index contributed by atoms with van der Waals surface area (Å²) in [5.74, 6) is 2.06. The molecule has 2 aromatic rings. The summed E-state index contributed by atoms with van der Waals surface area (Å²) in [6.45, 7) is 4.27. The van der Waals surface area contributed by atoms with E-state index >= 15 is 0 Å². The van der Waals surface area contributed by atoms with Crippen LogP contribution in [0.25, 0.3) is 6.08 Å². The van der Waals surface area contributed by atoms with Gasteiger partial charge in [0.05, 0.1) is 5.69 Å². The van der Waals surface area contributed by atoms with Crippen molar-refractivity contribution in [1.29, 1.82) is 0 Å². The summed E-state index contributed by atoms with van der Waals surface area (Å²) in [7, 11) is 0. The number of nitrogens with one attached hydrogen (secondary N) is 1. The Morgan fingerprint density at radius 3 is 3.12 bits per heavy atom. The number of fused-ring (bicyclic) bond motifs is 2. The van der Waals surface area contributed by atoms with E-state index in [-0.39, 0.29) is 0 Å². The summed E-state index contributed by atoms with van der Waals surface area (Å²) >= 11 is 0. The molecule has 3 aliphatic rings. The molecular formula is C23H27N3. The molecule has 1 fully saturated rings. The maximum Gasteiger partial charge on any atom is 0.115 e. The number of hydrogen-bond donors (Lipinski definition) is 1. The molecule has 5 rings (SSSR count). The van der Waals surface area contributed by atoms with Crippen molar-refractivity contribution in [3.8, 4) is 0 Å². The fourth-order valence-corrected chi connectivity index (χ4v) is 5.36. The summed E-state index contributed by atoms with van der Waals surface area (Å²) in [5, 5.41) is 3.55. The summed E-state index contributed by atoms with van der Waals surface area (Å²) in [4.78, 5) is 8.99. The molecule has 1 unspecified atom stereocenters. The molecule has 3 nitrogen and oxygen atoms in total. The summed E-state index contributed by atoms with van der Waals surface area (Å²) < 4.78 is 0. The molecule has 2 aliphatic carbocycles. The second kappa shape index (κ2) is 6.62. The molecule has 0 spiro atoms. The van der Waals surface area contributed by atoms with E-state index in [4.69, 9.17) is 0 Å². The molecule has 26 heavy (non-hydrogen) atoms. The lowest BCUT2D eigenvalue weighted by Gasteiger charge is -2.22. The van der Waals surface area contributed by atoms with Gasteiger partial charge in [-0.05, 0) is 74.1 Å². The quantitative estimate of drug-likeness (QED) is 0.906. The fraction of sp³-hybridized carbons (Fsp3) is 0.478. The highest BCUT2D eigenvalue weighted by molar-refractivity contribution is 5.62. The van der Waals surface area contributed by atoms with Gasteiger partial charge < -0.3 is 5.32 Å². The number of aromatic nitrogens is 2. The lowest BCUT2D eigenvalue weighted by atomic mass is 9.86. The molecule has 3 heteroatoms. The van der Waals surface area contributed by atoms with Crippen molar-refractivity contribution in [2.75, 3.05) is 6.54 Å². The van der Waals surface area contributed by atoms with E-state index in [1.54, 1.807) is 23.0 Å². The lowest BCUT2D eigenvalue weighted by Crippen LogP contribution is -2.25. The SMILES string of the molecule is Cc1ncnc2c1C=CC2[C@H]1CC[C@@H](Cc2cccc3c2CNCC3)C1. The van der Waals surface area contributed by atoms with E-state index < -0.39 is 0 Å². The van der Waals surface area contributed by atoms with Crippen LogP contribution in [-0.4, -0.2) is 16.5 Å². The molecule has 1 aromatic heterocycles. The molecule has 0 saturated heterocycles. The van der Waals surface area contributed by atoms with Crippen LogP contribution in [0, 0.1) is 18.8 Å². The Bertz CT molecular complexity index is 855. The number of aryl methyl sites for hydroxylation is 1. The van der Waals surface area contributed by atoms with Crippen LogP contribution < -0.4 is 5.32 Å². The van der Waals surface area contributed by atoms with Gasteiger partial charge >= 0.3 is 0 Å². The first-order chi connectivity index (χ1) is 12.8. The van der Waals surface area contributed by atoms with Gasteiger partial charge in [-0.2, -0.15) is 0 Å². The van der Waals surface area contributed by atoms with Crippen molar-refractivity contribution >= 4 is 6.08 Å². The number of hydrogen-bond acceptors (Lipinski definition) is 3. The van der Waals surface area contributed by atoms with Gasteiger partial charge in [0.2, 0.25) is 0 Å². The van der Waals surface area contributed by atoms with Crippen LogP contribution >= 0.6 is 0 Å². The predicted molar refractivity (Wildman–Crippen MR) is 105 cm³/mol. The topological polar surface area (TPSA) is 37.8 Å². The summed E-state index contributed by atoms with van der Waals surface area (Å²) in [6.07, 6.45) is 12.8. The van der Waals surface area contributed by atoms with Crippen LogP contribution in [0.4, 0.5) is 0 Å². The minimum atomic E-state index is 0.503. The lowest BCUT2D eigenvalue weighted by molar-refractivity contribution is 0.452. The van der Waals surface area contributed by atoms with Gasteiger partial charge in [-0.3, -0.25) is 0 Å². The smallest absolute Gasteiger partial charge is 0.115 e. The zero-order chi connectivity index (χ0) is 17.5. The first-order valence-electron chi connectivity index (χ1n) is 10.1. The standard InChI is InChI=1S/C23H27N3/c1-15-20-7-8-21(23(20)26-14-25-15)19-6-5-16(12-19)11-18-4-2-3-17-9-10-24-13-22(17)18/h2-4,7-8,14,16,19,21,24H,5-6,9-13H2,1H3/t16-,19-,21?/m0/s1. The molecule has 1 saturated carbocycles. The Morgan fingerprint density at radius 1 is 1.19 bits per heavy atom. The highest BCUT2D eigenvalue weighted by atomic mass is 14.9. The Balaban J connectivity index is 1.31. The van der Waals surface area contributed by atoms with Crippen LogP contribution in [0.5, 0.6) is 0 Å². The molecule has 0 radical (unpaired) electrons. The van der Waals surface area contributed by atoms with Crippen molar-refractivity contribution in [3.05, 3.63) is 64.2 Å². The van der Waals surface area contributed by atoms with Crippen LogP contribution in [-0.2, 0) is 19.4 Å². The Hall–Kier alpha value is -2.00. The number of benzene rings is 1. The number of rotatable bonds is 3. The van der Waals surface area contributed by atoms with Gasteiger partial charge in [-0.15, -0.1) is 0 Å². The van der Waals surface area contributed by atoms with Crippen molar-refractivity contribution < 1.29 is 0 Å². The average molecular weight is 345 g/mol. The monoisotopic (exact) mass is 345 g/mol. The first kappa shape index (κ1) is 16.2. The van der Waals surface area contributed by atoms with E-state index in [9.17, 15) is 0 Å². The molecule has 3 atom stereocenters. The van der Waals surface area contributed by atoms with Crippen LogP contribution in [0.15, 0.2) is 30.6 Å². The maximum atomic E-state index is 4.63. The first-order valence-corrected chi connectivity index (χ1v) is 10.1. The second-order valence-electron chi connectivity index (χ2n) is 8.27. The van der Waals surface area contributed by atoms with E-state index in [2.05, 4.69) is 52.6 Å². The van der Waals surface area contributed by atoms with Crippen molar-refractivity contribution in [3.63, 3.8) is 0 Å². The zero-order valence-electron chi connectivity index (χ0n) is 15.5. The predicted octanol–water partition coefficient (Wildman–Crippen LogP) is 4.20. The zero-order valence-corrected chi connectivity index (χ0v) is 15.5. The Morgan fingerprint density at radius 2 is 2.15 bits per heavy atom. The van der Waals surface area contributed by atoms with E-state index in [1.807, 2.05) is 0 Å². The molecule has 0 amide bonds. The third kappa shape index (κ3) is 2.79. The summed E-state index contributed by atoms with van der Waals surface area (Å²) in [5.41, 5.74) is 8.38. The van der Waals surface area contributed by atoms with Gasteiger partial charge in [0.1, 0.15) is 6.33 Å². The van der Waals surface area contributed by atoms with Crippen molar-refractivity contribution in [1.82, 2.24) is 15.3 Å². The van der Waals surface area contributed by atoms with E-state index in [0.717, 1.165) is 30.6 Å². The largest absolute Gasteiger partial charge is 0.312 e. The highest BCUT2D eigenvalue weighted by Gasteiger charge is 2.34. The van der Waals surface area contributed by atoms with Crippen molar-refractivity contribution in [2.24, 2.45) is 11.8 Å². The maximum absolute atomic E-state index is 4.63. The normalized spacial score (nSPS) is 26.7. The molecule has 0 bridgehead atoms. The molecule has 1 aliphatic heterocycles. The molecular weight excluding hydrogens is 318 g/mol. The second-order valence-corrected chi connectivity index (χ2v) is 8.27. The minimum absolute atomic E-state index is 0.503. The Kier molecular flexibility index (Phi) is 4.12. The molecule has 1 N–H and O–H groups in total. The van der Waals surface area contributed by atoms with Gasteiger partial charge in [-0.1, -0.05) is 30.4 Å². The van der Waals surface area contributed by atoms with Crippen molar-refractivity contribution in [2.45, 2.75) is 51.5 Å². The molecule has 134 valence electrons. The summed E-state index contributed by atoms with van der Waals surface area (Å²) in [6, 6.07) is 6.95. The fourth-order valence-electron chi connectivity index (χ4n) is 5.36. The Labute approximate surface area is 156 Å².